The average Bonchev–Trinajstić information content (AvgIpc) is 2.55. The first kappa shape index (κ1) is 16.4. The number of methoxy groups -OCH3 is 1. The molecule has 0 fully saturated rings. The summed E-state index contributed by atoms with van der Waals surface area (Å²) in [7, 11) is 1.64. The number of aryl methyl sites for hydroxylation is 1. The van der Waals surface area contributed by atoms with Gasteiger partial charge in [0.25, 0.3) is 0 Å². The van der Waals surface area contributed by atoms with Crippen LogP contribution in [-0.2, 0) is 11.2 Å². The first-order valence-electron chi connectivity index (χ1n) is 7.33. The molecule has 0 aliphatic carbocycles. The van der Waals surface area contributed by atoms with Crippen molar-refractivity contribution in [3.05, 3.63) is 54.1 Å². The Morgan fingerprint density at radius 2 is 1.95 bits per heavy atom. The number of rotatable bonds is 6. The summed E-state index contributed by atoms with van der Waals surface area (Å²) in [5.74, 6) is 0.796. The quantitative estimate of drug-likeness (QED) is 0.804. The molecule has 1 N–H and O–H groups in total. The first-order valence-corrected chi connectivity index (χ1v) is 8.21. The highest BCUT2D eigenvalue weighted by Crippen LogP contribution is 2.27. The maximum absolute atomic E-state index is 12.3. The van der Waals surface area contributed by atoms with Crippen molar-refractivity contribution in [3.63, 3.8) is 0 Å². The van der Waals surface area contributed by atoms with E-state index >= 15 is 0 Å². The molecule has 0 aliphatic heterocycles. The van der Waals surface area contributed by atoms with Crippen molar-refractivity contribution >= 4 is 23.4 Å². The van der Waals surface area contributed by atoms with Crippen molar-refractivity contribution in [1.82, 2.24) is 0 Å². The number of amides is 1. The Bertz CT molecular complexity index is 625. The van der Waals surface area contributed by atoms with Gasteiger partial charge in [0.2, 0.25) is 5.91 Å². The first-order chi connectivity index (χ1) is 10.6. The summed E-state index contributed by atoms with van der Waals surface area (Å²) < 4.78 is 5.20. The Balaban J connectivity index is 1.96. The number of ether oxygens (including phenoxy) is 1. The van der Waals surface area contributed by atoms with Crippen LogP contribution in [0, 0.1) is 0 Å². The van der Waals surface area contributed by atoms with Gasteiger partial charge in [0.05, 0.1) is 12.4 Å². The number of hydrogen-bond donors (Lipinski definition) is 1. The van der Waals surface area contributed by atoms with Crippen LogP contribution >= 0.6 is 11.8 Å². The summed E-state index contributed by atoms with van der Waals surface area (Å²) in [6.45, 7) is 4.01. The summed E-state index contributed by atoms with van der Waals surface area (Å²) in [4.78, 5) is 13.3. The maximum atomic E-state index is 12.3. The number of benzene rings is 2. The molecule has 0 radical (unpaired) electrons. The summed E-state index contributed by atoms with van der Waals surface area (Å²) in [6, 6.07) is 15.7. The topological polar surface area (TPSA) is 38.3 Å². The van der Waals surface area contributed by atoms with Gasteiger partial charge in [0, 0.05) is 10.6 Å². The van der Waals surface area contributed by atoms with Gasteiger partial charge < -0.3 is 10.1 Å². The normalized spacial score (nSPS) is 11.8. The highest BCUT2D eigenvalue weighted by atomic mass is 32.2. The van der Waals surface area contributed by atoms with Gasteiger partial charge in [-0.2, -0.15) is 0 Å². The molecule has 1 atom stereocenters. The van der Waals surface area contributed by atoms with E-state index in [2.05, 4.69) is 12.2 Å². The van der Waals surface area contributed by atoms with E-state index in [9.17, 15) is 4.79 Å². The van der Waals surface area contributed by atoms with Crippen LogP contribution in [0.25, 0.3) is 0 Å². The van der Waals surface area contributed by atoms with Crippen LogP contribution in [0.5, 0.6) is 5.75 Å². The maximum Gasteiger partial charge on any atom is 0.237 e. The lowest BCUT2D eigenvalue weighted by Gasteiger charge is -2.13. The third kappa shape index (κ3) is 4.53. The summed E-state index contributed by atoms with van der Waals surface area (Å²) in [6.07, 6.45) is 0.996. The van der Waals surface area contributed by atoms with Gasteiger partial charge in [-0.25, -0.2) is 0 Å². The SMILES string of the molecule is CCc1ccc(NC(=O)C(C)Sc2cccc(OC)c2)cc1. The second kappa shape index (κ2) is 7.90. The molecule has 3 nitrogen and oxygen atoms in total. The monoisotopic (exact) mass is 315 g/mol. The van der Waals surface area contributed by atoms with Crippen molar-refractivity contribution < 1.29 is 9.53 Å². The summed E-state index contributed by atoms with van der Waals surface area (Å²) in [5.41, 5.74) is 2.09. The molecule has 22 heavy (non-hydrogen) atoms. The Morgan fingerprint density at radius 3 is 2.59 bits per heavy atom. The molecule has 0 aliphatic rings. The zero-order valence-electron chi connectivity index (χ0n) is 13.1. The fraction of sp³-hybridized carbons (Fsp3) is 0.278. The van der Waals surface area contributed by atoms with Gasteiger partial charge in [-0.3, -0.25) is 4.79 Å². The van der Waals surface area contributed by atoms with E-state index < -0.39 is 0 Å². The van der Waals surface area contributed by atoms with Crippen LogP contribution in [0.1, 0.15) is 19.4 Å². The lowest BCUT2D eigenvalue weighted by atomic mass is 10.1. The van der Waals surface area contributed by atoms with Crippen LogP contribution in [0.2, 0.25) is 0 Å². The second-order valence-corrected chi connectivity index (χ2v) is 6.39. The number of anilines is 1. The molecule has 0 heterocycles. The molecule has 0 aromatic heterocycles. The average molecular weight is 315 g/mol. The molecule has 2 aromatic carbocycles. The van der Waals surface area contributed by atoms with Crippen LogP contribution in [0.4, 0.5) is 5.69 Å². The zero-order valence-corrected chi connectivity index (χ0v) is 13.9. The van der Waals surface area contributed by atoms with Crippen LogP contribution in [-0.4, -0.2) is 18.3 Å². The molecule has 1 unspecified atom stereocenters. The lowest BCUT2D eigenvalue weighted by Crippen LogP contribution is -2.22. The van der Waals surface area contributed by atoms with E-state index in [4.69, 9.17) is 4.74 Å². The molecular formula is C18H21NO2S. The minimum absolute atomic E-state index is 0.00271. The van der Waals surface area contributed by atoms with Crippen molar-refractivity contribution in [1.29, 1.82) is 0 Å². The van der Waals surface area contributed by atoms with Crippen molar-refractivity contribution in [2.75, 3.05) is 12.4 Å². The Labute approximate surface area is 136 Å². The van der Waals surface area contributed by atoms with Crippen LogP contribution in [0.15, 0.2) is 53.4 Å². The molecule has 0 bridgehead atoms. The van der Waals surface area contributed by atoms with Gasteiger partial charge in [-0.05, 0) is 49.2 Å². The largest absolute Gasteiger partial charge is 0.497 e. The van der Waals surface area contributed by atoms with Crippen LogP contribution in [0.3, 0.4) is 0 Å². The molecule has 0 saturated heterocycles. The van der Waals surface area contributed by atoms with Gasteiger partial charge in [-0.1, -0.05) is 25.1 Å². The van der Waals surface area contributed by atoms with Crippen molar-refractivity contribution in [2.45, 2.75) is 30.4 Å². The number of nitrogens with one attached hydrogen (secondary N) is 1. The van der Waals surface area contributed by atoms with Gasteiger partial charge in [-0.15, -0.1) is 11.8 Å². The fourth-order valence-electron chi connectivity index (χ4n) is 2.00. The Hall–Kier alpha value is -1.94. The van der Waals surface area contributed by atoms with E-state index in [1.54, 1.807) is 7.11 Å². The highest BCUT2D eigenvalue weighted by molar-refractivity contribution is 8.00. The molecular weight excluding hydrogens is 294 g/mol. The number of hydrogen-bond acceptors (Lipinski definition) is 3. The van der Waals surface area contributed by atoms with Gasteiger partial charge in [0.15, 0.2) is 0 Å². The minimum Gasteiger partial charge on any atom is -0.497 e. The summed E-state index contributed by atoms with van der Waals surface area (Å²) in [5, 5.41) is 2.77. The number of carbonyl (C=O) groups excluding carboxylic acids is 1. The Kier molecular flexibility index (Phi) is 5.90. The van der Waals surface area contributed by atoms with Crippen molar-refractivity contribution in [3.8, 4) is 5.75 Å². The predicted octanol–water partition coefficient (Wildman–Crippen LogP) is 4.38. The van der Waals surface area contributed by atoms with Crippen LogP contribution < -0.4 is 10.1 Å². The number of thioether (sulfide) groups is 1. The van der Waals surface area contributed by atoms with E-state index in [-0.39, 0.29) is 11.2 Å². The Morgan fingerprint density at radius 1 is 1.23 bits per heavy atom. The van der Waals surface area contributed by atoms with Gasteiger partial charge >= 0.3 is 0 Å². The molecule has 0 spiro atoms. The third-order valence-electron chi connectivity index (χ3n) is 3.35. The number of carbonyl (C=O) groups is 1. The summed E-state index contributed by atoms with van der Waals surface area (Å²) >= 11 is 1.52. The van der Waals surface area contributed by atoms with E-state index in [0.717, 1.165) is 22.8 Å². The van der Waals surface area contributed by atoms with Gasteiger partial charge in [0.1, 0.15) is 5.75 Å². The zero-order chi connectivity index (χ0) is 15.9. The van der Waals surface area contributed by atoms with Crippen molar-refractivity contribution in [2.24, 2.45) is 0 Å². The fourth-order valence-corrected chi connectivity index (χ4v) is 2.92. The molecule has 1 amide bonds. The minimum atomic E-state index is -0.182. The predicted molar refractivity (Wildman–Crippen MR) is 92.8 cm³/mol. The third-order valence-corrected chi connectivity index (χ3v) is 4.45. The highest BCUT2D eigenvalue weighted by Gasteiger charge is 2.14. The molecule has 2 aromatic rings. The lowest BCUT2D eigenvalue weighted by molar-refractivity contribution is -0.115. The standard InChI is InChI=1S/C18H21NO2S/c1-4-14-8-10-15(11-9-14)19-18(20)13(2)22-17-7-5-6-16(12-17)21-3/h5-13H,4H2,1-3H3,(H,19,20). The molecule has 0 saturated carbocycles. The van der Waals surface area contributed by atoms with E-state index in [0.29, 0.717) is 0 Å². The second-order valence-electron chi connectivity index (χ2n) is 4.98. The smallest absolute Gasteiger partial charge is 0.237 e. The van der Waals surface area contributed by atoms with E-state index in [1.165, 1.54) is 17.3 Å². The molecule has 4 heteroatoms. The van der Waals surface area contributed by atoms with E-state index in [1.807, 2.05) is 55.5 Å². The molecule has 116 valence electrons. The molecule has 2 rings (SSSR count).